The molecule has 1 aliphatic rings. The summed E-state index contributed by atoms with van der Waals surface area (Å²) in [6.07, 6.45) is 0.604. The van der Waals surface area contributed by atoms with E-state index in [1.807, 2.05) is 11.9 Å². The minimum atomic E-state index is -2.93. The molecule has 0 aliphatic carbocycles. The van der Waals surface area contributed by atoms with Gasteiger partial charge in [-0.1, -0.05) is 13.8 Å². The lowest BCUT2D eigenvalue weighted by Gasteiger charge is -2.23. The second kappa shape index (κ2) is 5.97. The standard InChI is InChI=1S/C13H20N4O3S/c1-9(2)13(18)14-11-4-5-12(16-15-11)17(3)10-6-7-21(19,20)8-10/h4-5,9-10H,6-8H2,1-3H3,(H,14,15,18). The van der Waals surface area contributed by atoms with Crippen molar-refractivity contribution in [1.29, 1.82) is 0 Å². The van der Waals surface area contributed by atoms with Crippen LogP contribution in [0.5, 0.6) is 0 Å². The summed E-state index contributed by atoms with van der Waals surface area (Å²) < 4.78 is 23.0. The first kappa shape index (κ1) is 15.7. The highest BCUT2D eigenvalue weighted by atomic mass is 32.2. The first-order valence-electron chi connectivity index (χ1n) is 6.86. The average Bonchev–Trinajstić information content (AvgIpc) is 2.79. The van der Waals surface area contributed by atoms with Gasteiger partial charge in [-0.25, -0.2) is 8.42 Å². The van der Waals surface area contributed by atoms with Crippen LogP contribution in [-0.4, -0.2) is 49.1 Å². The van der Waals surface area contributed by atoms with E-state index in [1.165, 1.54) is 0 Å². The van der Waals surface area contributed by atoms with Crippen molar-refractivity contribution in [3.8, 4) is 0 Å². The van der Waals surface area contributed by atoms with Gasteiger partial charge in [0.2, 0.25) is 5.91 Å². The third-order valence-electron chi connectivity index (χ3n) is 3.54. The third kappa shape index (κ3) is 3.90. The van der Waals surface area contributed by atoms with Crippen LogP contribution in [0.15, 0.2) is 12.1 Å². The molecule has 0 radical (unpaired) electrons. The van der Waals surface area contributed by atoms with E-state index >= 15 is 0 Å². The van der Waals surface area contributed by atoms with Crippen LogP contribution in [0.1, 0.15) is 20.3 Å². The number of amides is 1. The van der Waals surface area contributed by atoms with Crippen molar-refractivity contribution in [1.82, 2.24) is 10.2 Å². The van der Waals surface area contributed by atoms with Gasteiger partial charge in [0.15, 0.2) is 21.5 Å². The number of nitrogens with zero attached hydrogens (tertiary/aromatic N) is 3. The lowest BCUT2D eigenvalue weighted by Crippen LogP contribution is -2.33. The maximum atomic E-state index is 11.6. The molecule has 1 aromatic heterocycles. The number of carbonyl (C=O) groups excluding carboxylic acids is 1. The van der Waals surface area contributed by atoms with Crippen molar-refractivity contribution in [3.05, 3.63) is 12.1 Å². The molecule has 1 atom stereocenters. The topological polar surface area (TPSA) is 92.3 Å². The van der Waals surface area contributed by atoms with Gasteiger partial charge in [0.25, 0.3) is 0 Å². The molecule has 0 bridgehead atoms. The van der Waals surface area contributed by atoms with Crippen LogP contribution >= 0.6 is 0 Å². The van der Waals surface area contributed by atoms with Crippen LogP contribution in [-0.2, 0) is 14.6 Å². The molecular formula is C13H20N4O3S. The molecule has 2 rings (SSSR count). The minimum Gasteiger partial charge on any atom is -0.354 e. The molecule has 0 saturated carbocycles. The Morgan fingerprint density at radius 3 is 2.57 bits per heavy atom. The van der Waals surface area contributed by atoms with E-state index in [-0.39, 0.29) is 29.4 Å². The van der Waals surface area contributed by atoms with Crippen LogP contribution in [0.3, 0.4) is 0 Å². The maximum absolute atomic E-state index is 11.6. The summed E-state index contributed by atoms with van der Waals surface area (Å²) in [6.45, 7) is 3.59. The smallest absolute Gasteiger partial charge is 0.228 e. The fraction of sp³-hybridized carbons (Fsp3) is 0.615. The number of sulfone groups is 1. The molecule has 1 fully saturated rings. The van der Waals surface area contributed by atoms with Gasteiger partial charge in [0.05, 0.1) is 11.5 Å². The van der Waals surface area contributed by atoms with Gasteiger partial charge >= 0.3 is 0 Å². The fourth-order valence-electron chi connectivity index (χ4n) is 2.12. The zero-order valence-electron chi connectivity index (χ0n) is 12.4. The Hall–Kier alpha value is -1.70. The van der Waals surface area contributed by atoms with E-state index < -0.39 is 9.84 Å². The fourth-order valence-corrected chi connectivity index (χ4v) is 3.89. The van der Waals surface area contributed by atoms with Gasteiger partial charge in [0, 0.05) is 19.0 Å². The number of nitrogens with one attached hydrogen (secondary N) is 1. The Morgan fingerprint density at radius 1 is 1.38 bits per heavy atom. The molecule has 1 aromatic rings. The molecule has 1 amide bonds. The van der Waals surface area contributed by atoms with E-state index in [9.17, 15) is 13.2 Å². The molecule has 1 N–H and O–H groups in total. The van der Waals surface area contributed by atoms with E-state index in [0.29, 0.717) is 18.1 Å². The van der Waals surface area contributed by atoms with Crippen molar-refractivity contribution in [2.24, 2.45) is 5.92 Å². The quantitative estimate of drug-likeness (QED) is 0.879. The number of carbonyl (C=O) groups is 1. The van der Waals surface area contributed by atoms with E-state index in [4.69, 9.17) is 0 Å². The normalized spacial score (nSPS) is 20.5. The summed E-state index contributed by atoms with van der Waals surface area (Å²) in [5, 5.41) is 10.7. The molecule has 1 aliphatic heterocycles. The zero-order chi connectivity index (χ0) is 15.6. The summed E-state index contributed by atoms with van der Waals surface area (Å²) in [4.78, 5) is 13.4. The summed E-state index contributed by atoms with van der Waals surface area (Å²) >= 11 is 0. The van der Waals surface area contributed by atoms with Gasteiger partial charge in [-0.2, -0.15) is 0 Å². The predicted octanol–water partition coefficient (Wildman–Crippen LogP) is 0.694. The highest BCUT2D eigenvalue weighted by Gasteiger charge is 2.31. The van der Waals surface area contributed by atoms with Gasteiger partial charge in [-0.05, 0) is 18.6 Å². The molecule has 116 valence electrons. The van der Waals surface area contributed by atoms with Gasteiger partial charge in [-0.3, -0.25) is 4.79 Å². The van der Waals surface area contributed by atoms with E-state index in [2.05, 4.69) is 15.5 Å². The van der Waals surface area contributed by atoms with Crippen molar-refractivity contribution < 1.29 is 13.2 Å². The Labute approximate surface area is 124 Å². The monoisotopic (exact) mass is 312 g/mol. The van der Waals surface area contributed by atoms with Gasteiger partial charge in [-0.15, -0.1) is 10.2 Å². The summed E-state index contributed by atoms with van der Waals surface area (Å²) in [6, 6.07) is 3.33. The van der Waals surface area contributed by atoms with Crippen LogP contribution < -0.4 is 10.2 Å². The molecule has 21 heavy (non-hydrogen) atoms. The predicted molar refractivity (Wildman–Crippen MR) is 81.0 cm³/mol. The Balaban J connectivity index is 2.03. The molecule has 8 heteroatoms. The first-order valence-corrected chi connectivity index (χ1v) is 8.68. The summed E-state index contributed by atoms with van der Waals surface area (Å²) in [5.74, 6) is 1.12. The van der Waals surface area contributed by atoms with Gasteiger partial charge in [0.1, 0.15) is 0 Å². The number of rotatable bonds is 4. The largest absolute Gasteiger partial charge is 0.354 e. The Bertz CT molecular complexity index is 613. The molecular weight excluding hydrogens is 292 g/mol. The maximum Gasteiger partial charge on any atom is 0.228 e. The van der Waals surface area contributed by atoms with Crippen molar-refractivity contribution in [2.75, 3.05) is 28.8 Å². The zero-order valence-corrected chi connectivity index (χ0v) is 13.2. The molecule has 1 saturated heterocycles. The first-order chi connectivity index (χ1) is 9.78. The average molecular weight is 312 g/mol. The van der Waals surface area contributed by atoms with Crippen molar-refractivity contribution in [2.45, 2.75) is 26.3 Å². The Kier molecular flexibility index (Phi) is 4.46. The number of anilines is 2. The van der Waals surface area contributed by atoms with Gasteiger partial charge < -0.3 is 10.2 Å². The van der Waals surface area contributed by atoms with E-state index in [0.717, 1.165) is 0 Å². The molecule has 0 aromatic carbocycles. The molecule has 7 nitrogen and oxygen atoms in total. The van der Waals surface area contributed by atoms with Crippen molar-refractivity contribution in [3.63, 3.8) is 0 Å². The molecule has 2 heterocycles. The number of aromatic nitrogens is 2. The third-order valence-corrected chi connectivity index (χ3v) is 5.29. The second-order valence-corrected chi connectivity index (χ2v) is 7.82. The highest BCUT2D eigenvalue weighted by molar-refractivity contribution is 7.91. The molecule has 1 unspecified atom stereocenters. The second-order valence-electron chi connectivity index (χ2n) is 5.59. The highest BCUT2D eigenvalue weighted by Crippen LogP contribution is 2.21. The SMILES string of the molecule is CC(C)C(=O)Nc1ccc(N(C)C2CCS(=O)(=O)C2)nn1. The summed E-state index contributed by atoms with van der Waals surface area (Å²) in [5.41, 5.74) is 0. The lowest BCUT2D eigenvalue weighted by atomic mass is 10.2. The summed E-state index contributed by atoms with van der Waals surface area (Å²) in [7, 11) is -1.12. The number of hydrogen-bond donors (Lipinski definition) is 1. The van der Waals surface area contributed by atoms with E-state index in [1.54, 1.807) is 26.0 Å². The molecule has 0 spiro atoms. The van der Waals surface area contributed by atoms with Crippen LogP contribution in [0, 0.1) is 5.92 Å². The Morgan fingerprint density at radius 2 is 2.10 bits per heavy atom. The number of hydrogen-bond acceptors (Lipinski definition) is 6. The van der Waals surface area contributed by atoms with Crippen molar-refractivity contribution >= 4 is 27.4 Å². The lowest BCUT2D eigenvalue weighted by molar-refractivity contribution is -0.118. The minimum absolute atomic E-state index is 0.0691. The van der Waals surface area contributed by atoms with Crippen LogP contribution in [0.2, 0.25) is 0 Å². The van der Waals surface area contributed by atoms with Crippen LogP contribution in [0.4, 0.5) is 11.6 Å². The van der Waals surface area contributed by atoms with Crippen LogP contribution in [0.25, 0.3) is 0 Å².